The molecule has 1 unspecified atom stereocenters. The van der Waals surface area contributed by atoms with E-state index < -0.39 is 0 Å². The van der Waals surface area contributed by atoms with Crippen molar-refractivity contribution in [2.75, 3.05) is 18.4 Å². The lowest BCUT2D eigenvalue weighted by atomic mass is 10.1. The fraction of sp³-hybridized carbons (Fsp3) is 0.400. The molecule has 2 aromatic rings. The first-order valence-electron chi connectivity index (χ1n) is 6.98. The summed E-state index contributed by atoms with van der Waals surface area (Å²) in [7, 11) is 0. The molecule has 0 bridgehead atoms. The Bertz CT molecular complexity index is 605. The van der Waals surface area contributed by atoms with Crippen molar-refractivity contribution in [3.8, 4) is 0 Å². The topological polar surface area (TPSA) is 62.7 Å². The number of aryl methyl sites for hydroxylation is 2. The van der Waals surface area contributed by atoms with Gasteiger partial charge < -0.3 is 10.6 Å². The standard InChI is InChI=1S/C15H19N5/c1-10-4-3-5-13(17-10)19-14-8-11(2)18-15(20-14)12-6-7-16-9-12/h3-5,8,12,16H,6-7,9H2,1-2H3,(H,17,18,19,20). The number of anilines is 2. The number of aromatic nitrogens is 3. The van der Waals surface area contributed by atoms with Gasteiger partial charge in [0.1, 0.15) is 17.5 Å². The van der Waals surface area contributed by atoms with Gasteiger partial charge in [-0.25, -0.2) is 15.0 Å². The molecule has 2 aromatic heterocycles. The van der Waals surface area contributed by atoms with E-state index in [-0.39, 0.29) is 0 Å². The van der Waals surface area contributed by atoms with Crippen LogP contribution in [0.3, 0.4) is 0 Å². The highest BCUT2D eigenvalue weighted by atomic mass is 15.1. The van der Waals surface area contributed by atoms with E-state index in [1.807, 2.05) is 38.1 Å². The van der Waals surface area contributed by atoms with E-state index in [1.165, 1.54) is 0 Å². The summed E-state index contributed by atoms with van der Waals surface area (Å²) < 4.78 is 0. The number of rotatable bonds is 3. The quantitative estimate of drug-likeness (QED) is 0.895. The molecule has 3 heterocycles. The Balaban J connectivity index is 1.85. The van der Waals surface area contributed by atoms with Gasteiger partial charge in [0.25, 0.3) is 0 Å². The third kappa shape index (κ3) is 2.93. The number of nitrogens with one attached hydrogen (secondary N) is 2. The number of hydrogen-bond acceptors (Lipinski definition) is 5. The minimum Gasteiger partial charge on any atom is -0.325 e. The maximum absolute atomic E-state index is 4.64. The molecular formula is C15H19N5. The van der Waals surface area contributed by atoms with Gasteiger partial charge in [-0.2, -0.15) is 0 Å². The predicted octanol–water partition coefficient (Wildman–Crippen LogP) is 2.31. The largest absolute Gasteiger partial charge is 0.325 e. The SMILES string of the molecule is Cc1cccc(Nc2cc(C)nc(C3CCNC3)n2)n1. The first-order chi connectivity index (χ1) is 9.70. The van der Waals surface area contributed by atoms with Crippen molar-refractivity contribution in [2.45, 2.75) is 26.2 Å². The highest BCUT2D eigenvalue weighted by molar-refractivity contribution is 5.52. The molecule has 1 aliphatic rings. The van der Waals surface area contributed by atoms with Crippen LogP contribution in [0.5, 0.6) is 0 Å². The van der Waals surface area contributed by atoms with E-state index >= 15 is 0 Å². The molecule has 5 nitrogen and oxygen atoms in total. The van der Waals surface area contributed by atoms with Gasteiger partial charge in [-0.1, -0.05) is 6.07 Å². The van der Waals surface area contributed by atoms with Gasteiger partial charge >= 0.3 is 0 Å². The monoisotopic (exact) mass is 269 g/mol. The summed E-state index contributed by atoms with van der Waals surface area (Å²) >= 11 is 0. The van der Waals surface area contributed by atoms with Crippen LogP contribution in [-0.4, -0.2) is 28.0 Å². The molecule has 0 saturated carbocycles. The van der Waals surface area contributed by atoms with Crippen molar-refractivity contribution in [2.24, 2.45) is 0 Å². The number of pyridine rings is 1. The summed E-state index contributed by atoms with van der Waals surface area (Å²) in [5.74, 6) is 2.97. The molecule has 3 rings (SSSR count). The number of nitrogens with zero attached hydrogens (tertiary/aromatic N) is 3. The van der Waals surface area contributed by atoms with Crippen LogP contribution in [-0.2, 0) is 0 Å². The molecule has 5 heteroatoms. The highest BCUT2D eigenvalue weighted by Gasteiger charge is 2.20. The lowest BCUT2D eigenvalue weighted by molar-refractivity contribution is 0.698. The van der Waals surface area contributed by atoms with Crippen LogP contribution >= 0.6 is 0 Å². The average molecular weight is 269 g/mol. The van der Waals surface area contributed by atoms with Crippen molar-refractivity contribution >= 4 is 11.6 Å². The second-order valence-electron chi connectivity index (χ2n) is 5.23. The molecule has 0 radical (unpaired) electrons. The predicted molar refractivity (Wildman–Crippen MR) is 79.3 cm³/mol. The number of hydrogen-bond donors (Lipinski definition) is 2. The summed E-state index contributed by atoms with van der Waals surface area (Å²) in [4.78, 5) is 13.6. The van der Waals surface area contributed by atoms with Gasteiger partial charge in [-0.15, -0.1) is 0 Å². The highest BCUT2D eigenvalue weighted by Crippen LogP contribution is 2.22. The summed E-state index contributed by atoms with van der Waals surface area (Å²) in [6.07, 6.45) is 1.10. The van der Waals surface area contributed by atoms with Crippen molar-refractivity contribution < 1.29 is 0 Å². The van der Waals surface area contributed by atoms with Crippen molar-refractivity contribution in [3.05, 3.63) is 41.5 Å². The van der Waals surface area contributed by atoms with Crippen LogP contribution in [0.1, 0.15) is 29.6 Å². The van der Waals surface area contributed by atoms with Crippen LogP contribution in [0.15, 0.2) is 24.3 Å². The molecule has 0 amide bonds. The zero-order valence-electron chi connectivity index (χ0n) is 11.8. The molecule has 0 aliphatic carbocycles. The zero-order chi connectivity index (χ0) is 13.9. The smallest absolute Gasteiger partial charge is 0.135 e. The first-order valence-corrected chi connectivity index (χ1v) is 6.98. The van der Waals surface area contributed by atoms with E-state index in [2.05, 4.69) is 25.6 Å². The summed E-state index contributed by atoms with van der Waals surface area (Å²) in [5, 5.41) is 6.62. The molecule has 0 aromatic carbocycles. The van der Waals surface area contributed by atoms with Gasteiger partial charge in [0, 0.05) is 29.9 Å². The average Bonchev–Trinajstić information content (AvgIpc) is 2.91. The maximum Gasteiger partial charge on any atom is 0.135 e. The van der Waals surface area contributed by atoms with Gasteiger partial charge in [-0.3, -0.25) is 0 Å². The Morgan fingerprint density at radius 2 is 2.00 bits per heavy atom. The minimum absolute atomic E-state index is 0.418. The van der Waals surface area contributed by atoms with Gasteiger partial charge in [0.2, 0.25) is 0 Å². The van der Waals surface area contributed by atoms with Gasteiger partial charge in [0.05, 0.1) is 0 Å². The third-order valence-corrected chi connectivity index (χ3v) is 3.44. The molecule has 20 heavy (non-hydrogen) atoms. The Morgan fingerprint density at radius 1 is 1.10 bits per heavy atom. The second kappa shape index (κ2) is 5.54. The lowest BCUT2D eigenvalue weighted by Crippen LogP contribution is -2.11. The van der Waals surface area contributed by atoms with Crippen LogP contribution < -0.4 is 10.6 Å². The molecule has 1 aliphatic heterocycles. The Kier molecular flexibility index (Phi) is 3.60. The minimum atomic E-state index is 0.418. The molecule has 1 saturated heterocycles. The molecule has 1 fully saturated rings. The van der Waals surface area contributed by atoms with E-state index in [0.29, 0.717) is 5.92 Å². The first kappa shape index (κ1) is 13.0. The van der Waals surface area contributed by atoms with Crippen molar-refractivity contribution in [3.63, 3.8) is 0 Å². The maximum atomic E-state index is 4.64. The fourth-order valence-electron chi connectivity index (χ4n) is 2.46. The fourth-order valence-corrected chi connectivity index (χ4v) is 2.46. The van der Waals surface area contributed by atoms with E-state index in [9.17, 15) is 0 Å². The van der Waals surface area contributed by atoms with E-state index in [4.69, 9.17) is 0 Å². The van der Waals surface area contributed by atoms with Crippen molar-refractivity contribution in [1.82, 2.24) is 20.3 Å². The lowest BCUT2D eigenvalue weighted by Gasteiger charge is -2.11. The second-order valence-corrected chi connectivity index (χ2v) is 5.23. The molecule has 1 atom stereocenters. The van der Waals surface area contributed by atoms with Crippen LogP contribution in [0.25, 0.3) is 0 Å². The van der Waals surface area contributed by atoms with Gasteiger partial charge in [0.15, 0.2) is 0 Å². The summed E-state index contributed by atoms with van der Waals surface area (Å²) in [5.41, 5.74) is 1.97. The van der Waals surface area contributed by atoms with Crippen LogP contribution in [0.2, 0.25) is 0 Å². The Morgan fingerprint density at radius 3 is 2.75 bits per heavy atom. The van der Waals surface area contributed by atoms with Crippen LogP contribution in [0, 0.1) is 13.8 Å². The normalized spacial score (nSPS) is 18.2. The Hall–Kier alpha value is -2.01. The van der Waals surface area contributed by atoms with Gasteiger partial charge in [-0.05, 0) is 38.9 Å². The molecule has 104 valence electrons. The third-order valence-electron chi connectivity index (χ3n) is 3.44. The zero-order valence-corrected chi connectivity index (χ0v) is 11.8. The van der Waals surface area contributed by atoms with E-state index in [0.717, 1.165) is 48.4 Å². The summed E-state index contributed by atoms with van der Waals surface area (Å²) in [6.45, 7) is 5.99. The molecular weight excluding hydrogens is 250 g/mol. The van der Waals surface area contributed by atoms with Crippen molar-refractivity contribution in [1.29, 1.82) is 0 Å². The summed E-state index contributed by atoms with van der Waals surface area (Å²) in [6, 6.07) is 7.86. The van der Waals surface area contributed by atoms with Crippen LogP contribution in [0.4, 0.5) is 11.6 Å². The Labute approximate surface area is 118 Å². The molecule has 2 N–H and O–H groups in total. The van der Waals surface area contributed by atoms with E-state index in [1.54, 1.807) is 0 Å². The molecule has 0 spiro atoms.